The van der Waals surface area contributed by atoms with Crippen LogP contribution in [-0.2, 0) is 0 Å². The molecule has 1 fully saturated rings. The van der Waals surface area contributed by atoms with Gasteiger partial charge in [0, 0.05) is 19.0 Å². The number of nitrogens with one attached hydrogen (secondary N) is 1. The minimum atomic E-state index is -0.121. The summed E-state index contributed by atoms with van der Waals surface area (Å²) in [6.07, 6.45) is 5.08. The fourth-order valence-electron chi connectivity index (χ4n) is 1.86. The highest BCUT2D eigenvalue weighted by Crippen LogP contribution is 2.31. The molecule has 1 saturated heterocycles. The number of urea groups is 1. The standard InChI is InChI=1S/C13H12Cl2N2O/c1-2-5-16-13(18)17-7-10(8-17)9-3-4-11(14)12(15)6-9/h1,3-4,6,10H,5,7-8H2,(H,16,18). The Morgan fingerprint density at radius 3 is 2.78 bits per heavy atom. The average molecular weight is 283 g/mol. The van der Waals surface area contributed by atoms with E-state index in [1.54, 1.807) is 11.0 Å². The van der Waals surface area contributed by atoms with Crippen LogP contribution in [-0.4, -0.2) is 30.6 Å². The molecule has 2 rings (SSSR count). The Morgan fingerprint density at radius 2 is 2.17 bits per heavy atom. The molecule has 3 nitrogen and oxygen atoms in total. The number of terminal acetylenes is 1. The van der Waals surface area contributed by atoms with Gasteiger partial charge >= 0.3 is 6.03 Å². The monoisotopic (exact) mass is 282 g/mol. The Bertz CT molecular complexity index is 504. The van der Waals surface area contributed by atoms with Gasteiger partial charge in [-0.15, -0.1) is 6.42 Å². The van der Waals surface area contributed by atoms with Crippen LogP contribution >= 0.6 is 23.2 Å². The van der Waals surface area contributed by atoms with Crippen molar-refractivity contribution in [3.8, 4) is 12.3 Å². The molecule has 0 unspecified atom stereocenters. The lowest BCUT2D eigenvalue weighted by Gasteiger charge is -2.39. The lowest BCUT2D eigenvalue weighted by molar-refractivity contribution is 0.152. The molecule has 0 radical (unpaired) electrons. The molecule has 0 saturated carbocycles. The van der Waals surface area contributed by atoms with Crippen LogP contribution in [0.15, 0.2) is 18.2 Å². The quantitative estimate of drug-likeness (QED) is 0.832. The van der Waals surface area contributed by atoms with Crippen LogP contribution < -0.4 is 5.32 Å². The third kappa shape index (κ3) is 2.72. The summed E-state index contributed by atoms with van der Waals surface area (Å²) in [5.74, 6) is 2.68. The van der Waals surface area contributed by atoms with Gasteiger partial charge in [0.25, 0.3) is 0 Å². The van der Waals surface area contributed by atoms with Crippen molar-refractivity contribution in [1.29, 1.82) is 0 Å². The number of likely N-dealkylation sites (tertiary alicyclic amines) is 1. The third-order valence-electron chi connectivity index (χ3n) is 2.93. The highest BCUT2D eigenvalue weighted by molar-refractivity contribution is 6.42. The molecule has 94 valence electrons. The first-order valence-electron chi connectivity index (χ1n) is 5.53. The van der Waals surface area contributed by atoms with Crippen LogP contribution in [0.2, 0.25) is 10.0 Å². The zero-order valence-corrected chi connectivity index (χ0v) is 11.1. The Labute approximate surface area is 116 Å². The molecule has 5 heteroatoms. The molecular weight excluding hydrogens is 271 g/mol. The Morgan fingerprint density at radius 1 is 1.44 bits per heavy atom. The van der Waals surface area contributed by atoms with Crippen molar-refractivity contribution in [2.45, 2.75) is 5.92 Å². The summed E-state index contributed by atoms with van der Waals surface area (Å²) in [5, 5.41) is 3.72. The van der Waals surface area contributed by atoms with Gasteiger partial charge in [-0.3, -0.25) is 0 Å². The van der Waals surface area contributed by atoms with Crippen LogP contribution in [0, 0.1) is 12.3 Å². The van der Waals surface area contributed by atoms with E-state index in [2.05, 4.69) is 11.2 Å². The minimum Gasteiger partial charge on any atom is -0.327 e. The molecule has 0 atom stereocenters. The molecule has 1 N–H and O–H groups in total. The number of hydrogen-bond donors (Lipinski definition) is 1. The molecule has 1 heterocycles. The van der Waals surface area contributed by atoms with E-state index in [4.69, 9.17) is 29.6 Å². The first kappa shape index (κ1) is 13.1. The van der Waals surface area contributed by atoms with Crippen LogP contribution in [0.1, 0.15) is 11.5 Å². The summed E-state index contributed by atoms with van der Waals surface area (Å²) in [6.45, 7) is 1.61. The van der Waals surface area contributed by atoms with Crippen molar-refractivity contribution >= 4 is 29.2 Å². The predicted octanol–water partition coefficient (Wildman–Crippen LogP) is 2.74. The molecule has 0 aromatic heterocycles. The fraction of sp³-hybridized carbons (Fsp3) is 0.308. The summed E-state index contributed by atoms with van der Waals surface area (Å²) in [4.78, 5) is 13.3. The highest BCUT2D eigenvalue weighted by Gasteiger charge is 2.31. The van der Waals surface area contributed by atoms with E-state index in [0.717, 1.165) is 5.56 Å². The lowest BCUT2D eigenvalue weighted by atomic mass is 9.92. The molecule has 1 aliphatic heterocycles. The maximum atomic E-state index is 11.6. The molecule has 18 heavy (non-hydrogen) atoms. The van der Waals surface area contributed by atoms with E-state index in [1.807, 2.05) is 12.1 Å². The highest BCUT2D eigenvalue weighted by atomic mass is 35.5. The van der Waals surface area contributed by atoms with Crippen molar-refractivity contribution in [3.63, 3.8) is 0 Å². The molecule has 0 spiro atoms. The molecule has 1 aromatic carbocycles. The van der Waals surface area contributed by atoms with Gasteiger partial charge in [0.1, 0.15) is 0 Å². The van der Waals surface area contributed by atoms with Gasteiger partial charge in [0.15, 0.2) is 0 Å². The topological polar surface area (TPSA) is 32.3 Å². The molecule has 0 bridgehead atoms. The molecular formula is C13H12Cl2N2O. The zero-order valence-electron chi connectivity index (χ0n) is 9.62. The number of carbonyl (C=O) groups is 1. The summed E-state index contributed by atoms with van der Waals surface area (Å²) >= 11 is 11.8. The number of nitrogens with zero attached hydrogens (tertiary/aromatic N) is 1. The van der Waals surface area contributed by atoms with E-state index < -0.39 is 0 Å². The number of benzene rings is 1. The van der Waals surface area contributed by atoms with Crippen molar-refractivity contribution < 1.29 is 4.79 Å². The third-order valence-corrected chi connectivity index (χ3v) is 3.66. The second-order valence-electron chi connectivity index (χ2n) is 4.14. The van der Waals surface area contributed by atoms with Crippen LogP contribution in [0.5, 0.6) is 0 Å². The molecule has 1 aromatic rings. The number of hydrogen-bond acceptors (Lipinski definition) is 1. The maximum absolute atomic E-state index is 11.6. The maximum Gasteiger partial charge on any atom is 0.318 e. The number of rotatable bonds is 2. The van der Waals surface area contributed by atoms with Crippen LogP contribution in [0.25, 0.3) is 0 Å². The second-order valence-corrected chi connectivity index (χ2v) is 4.95. The fourth-order valence-corrected chi connectivity index (χ4v) is 2.17. The minimum absolute atomic E-state index is 0.121. The SMILES string of the molecule is C#CCNC(=O)N1CC(c2ccc(Cl)c(Cl)c2)C1. The molecule has 1 aliphatic rings. The first-order chi connectivity index (χ1) is 8.61. The molecule has 2 amide bonds. The van der Waals surface area contributed by atoms with Gasteiger partial charge in [-0.2, -0.15) is 0 Å². The van der Waals surface area contributed by atoms with Gasteiger partial charge in [-0.25, -0.2) is 4.79 Å². The largest absolute Gasteiger partial charge is 0.327 e. The average Bonchev–Trinajstić information content (AvgIpc) is 2.29. The van der Waals surface area contributed by atoms with Crippen molar-refractivity contribution in [3.05, 3.63) is 33.8 Å². The van der Waals surface area contributed by atoms with Crippen molar-refractivity contribution in [1.82, 2.24) is 10.2 Å². The van der Waals surface area contributed by atoms with Crippen LogP contribution in [0.3, 0.4) is 0 Å². The smallest absolute Gasteiger partial charge is 0.318 e. The van der Waals surface area contributed by atoms with E-state index in [0.29, 0.717) is 29.1 Å². The summed E-state index contributed by atoms with van der Waals surface area (Å²) in [7, 11) is 0. The van der Waals surface area contributed by atoms with E-state index in [9.17, 15) is 4.79 Å². The zero-order chi connectivity index (χ0) is 13.1. The van der Waals surface area contributed by atoms with E-state index in [1.165, 1.54) is 0 Å². The Hall–Kier alpha value is -1.37. The summed E-state index contributed by atoms with van der Waals surface area (Å²) < 4.78 is 0. The van der Waals surface area contributed by atoms with Gasteiger partial charge in [0.2, 0.25) is 0 Å². The van der Waals surface area contributed by atoms with Gasteiger partial charge < -0.3 is 10.2 Å². The number of carbonyl (C=O) groups excluding carboxylic acids is 1. The van der Waals surface area contributed by atoms with Gasteiger partial charge in [0.05, 0.1) is 16.6 Å². The van der Waals surface area contributed by atoms with Gasteiger partial charge in [-0.05, 0) is 17.7 Å². The van der Waals surface area contributed by atoms with Crippen molar-refractivity contribution in [2.75, 3.05) is 19.6 Å². The van der Waals surface area contributed by atoms with E-state index in [-0.39, 0.29) is 12.6 Å². The van der Waals surface area contributed by atoms with Gasteiger partial charge in [-0.1, -0.05) is 35.2 Å². The van der Waals surface area contributed by atoms with Crippen LogP contribution in [0.4, 0.5) is 4.79 Å². The first-order valence-corrected chi connectivity index (χ1v) is 6.28. The number of amides is 2. The summed E-state index contributed by atoms with van der Waals surface area (Å²) in [6, 6.07) is 5.45. The van der Waals surface area contributed by atoms with Crippen molar-refractivity contribution in [2.24, 2.45) is 0 Å². The molecule has 0 aliphatic carbocycles. The summed E-state index contributed by atoms with van der Waals surface area (Å²) in [5.41, 5.74) is 1.10. The predicted molar refractivity (Wildman–Crippen MR) is 73.0 cm³/mol. The Balaban J connectivity index is 1.91. The van der Waals surface area contributed by atoms with E-state index >= 15 is 0 Å². The normalized spacial score (nSPS) is 14.8. The number of halogens is 2. The second kappa shape index (κ2) is 5.51. The Kier molecular flexibility index (Phi) is 4.00. The lowest BCUT2D eigenvalue weighted by Crippen LogP contribution is -2.52.